The molecule has 0 spiro atoms. The zero-order valence-corrected chi connectivity index (χ0v) is 20.0. The molecule has 3 atom stereocenters. The third-order valence-electron chi connectivity index (χ3n) is 7.47. The van der Waals surface area contributed by atoms with Gasteiger partial charge in [0.2, 0.25) is 5.95 Å². The molecule has 9 heteroatoms. The van der Waals surface area contributed by atoms with Gasteiger partial charge in [-0.3, -0.25) is 4.79 Å². The molecule has 36 heavy (non-hydrogen) atoms. The van der Waals surface area contributed by atoms with Gasteiger partial charge in [-0.2, -0.15) is 9.07 Å². The topological polar surface area (TPSA) is 78.5 Å². The highest BCUT2D eigenvalue weighted by Crippen LogP contribution is 2.62. The zero-order valence-electron chi connectivity index (χ0n) is 19.3. The predicted octanol–water partition coefficient (Wildman–Crippen LogP) is 5.06. The number of fused-ring (bicyclic) bond motifs is 3. The Kier molecular flexibility index (Phi) is 4.63. The fourth-order valence-corrected chi connectivity index (χ4v) is 5.96. The number of pyridine rings is 2. The molecule has 1 aromatic carbocycles. The highest BCUT2D eigenvalue weighted by atomic mass is 35.5. The van der Waals surface area contributed by atoms with Gasteiger partial charge >= 0.3 is 0 Å². The number of aromatic nitrogens is 6. The van der Waals surface area contributed by atoms with Crippen molar-refractivity contribution < 1.29 is 4.39 Å². The van der Waals surface area contributed by atoms with Crippen molar-refractivity contribution in [3.05, 3.63) is 105 Å². The van der Waals surface area contributed by atoms with Gasteiger partial charge in [0.1, 0.15) is 6.33 Å². The SMILES string of the molecule is Cc1ccc(C2=CC=C(C3C4CC4c4cc(-c5cc(Cl)ccc5-n5cnnn5)cc(=O)n43)C2)c(F)n1. The standard InChI is InChI=1S/C27H20ClFN6O/c1-14-2-6-19(27(29)31-14)15-3-4-16(8-15)26-22-12-21(22)24-9-17(10-25(36)35(24)26)20-11-18(28)5-7-23(20)34-13-30-32-33-34/h2-7,9-11,13,21-22,26H,8,12H2,1H3. The lowest BCUT2D eigenvalue weighted by Crippen LogP contribution is -2.26. The van der Waals surface area contributed by atoms with E-state index in [1.807, 2.05) is 28.8 Å². The fraction of sp³-hybridized carbons (Fsp3) is 0.222. The molecule has 1 saturated carbocycles. The van der Waals surface area contributed by atoms with Gasteiger partial charge in [0.25, 0.3) is 5.56 Å². The second-order valence-electron chi connectivity index (χ2n) is 9.65. The number of hydrogen-bond acceptors (Lipinski definition) is 5. The van der Waals surface area contributed by atoms with Gasteiger partial charge in [-0.1, -0.05) is 23.8 Å². The molecule has 4 aromatic rings. The quantitative estimate of drug-likeness (QED) is 0.367. The lowest BCUT2D eigenvalue weighted by molar-refractivity contribution is 0.523. The summed E-state index contributed by atoms with van der Waals surface area (Å²) >= 11 is 6.33. The van der Waals surface area contributed by atoms with Crippen LogP contribution in [0.3, 0.4) is 0 Å². The minimum Gasteiger partial charge on any atom is -0.305 e. The summed E-state index contributed by atoms with van der Waals surface area (Å²) in [5.41, 5.74) is 6.53. The van der Waals surface area contributed by atoms with E-state index in [0.717, 1.165) is 40.1 Å². The Labute approximate surface area is 210 Å². The van der Waals surface area contributed by atoms with E-state index in [0.29, 0.717) is 34.5 Å². The lowest BCUT2D eigenvalue weighted by Gasteiger charge is -2.21. The van der Waals surface area contributed by atoms with E-state index in [4.69, 9.17) is 11.6 Å². The summed E-state index contributed by atoms with van der Waals surface area (Å²) in [5, 5.41) is 12.1. The van der Waals surface area contributed by atoms with E-state index in [1.54, 1.807) is 29.8 Å². The predicted molar refractivity (Wildman–Crippen MR) is 133 cm³/mol. The van der Waals surface area contributed by atoms with Crippen molar-refractivity contribution in [3.8, 4) is 16.8 Å². The molecule has 0 bridgehead atoms. The van der Waals surface area contributed by atoms with Crippen LogP contribution in [0.15, 0.2) is 71.3 Å². The Balaban J connectivity index is 1.25. The summed E-state index contributed by atoms with van der Waals surface area (Å²) in [6.07, 6.45) is 7.18. The van der Waals surface area contributed by atoms with Crippen molar-refractivity contribution in [2.45, 2.75) is 31.7 Å². The second-order valence-corrected chi connectivity index (χ2v) is 10.1. The van der Waals surface area contributed by atoms with Crippen LogP contribution in [0.5, 0.6) is 0 Å². The van der Waals surface area contributed by atoms with Gasteiger partial charge in [0.05, 0.1) is 11.7 Å². The molecule has 3 aliphatic rings. The van der Waals surface area contributed by atoms with Gasteiger partial charge in [0, 0.05) is 39.5 Å². The molecule has 0 radical (unpaired) electrons. The van der Waals surface area contributed by atoms with Crippen LogP contribution >= 0.6 is 11.6 Å². The van der Waals surface area contributed by atoms with Gasteiger partial charge in [-0.25, -0.2) is 4.98 Å². The van der Waals surface area contributed by atoms with Gasteiger partial charge < -0.3 is 4.57 Å². The molecular formula is C27H20ClFN6O. The number of halogens is 2. The monoisotopic (exact) mass is 498 g/mol. The van der Waals surface area contributed by atoms with E-state index in [9.17, 15) is 9.18 Å². The van der Waals surface area contributed by atoms with Crippen LogP contribution in [-0.4, -0.2) is 29.8 Å². The highest BCUT2D eigenvalue weighted by molar-refractivity contribution is 6.31. The van der Waals surface area contributed by atoms with E-state index in [1.165, 1.54) is 6.33 Å². The van der Waals surface area contributed by atoms with Gasteiger partial charge in [-0.15, -0.1) is 5.10 Å². The minimum absolute atomic E-state index is 0.0138. The average Bonchev–Trinajstić information content (AvgIpc) is 3.20. The summed E-state index contributed by atoms with van der Waals surface area (Å²) < 4.78 is 18.0. The first-order chi connectivity index (χ1) is 17.5. The minimum atomic E-state index is -0.450. The third kappa shape index (κ3) is 3.28. The van der Waals surface area contributed by atoms with Crippen LogP contribution in [0, 0.1) is 18.8 Å². The lowest BCUT2D eigenvalue weighted by atomic mass is 9.97. The summed E-state index contributed by atoms with van der Waals surface area (Å²) in [5.74, 6) is 0.265. The van der Waals surface area contributed by atoms with Crippen LogP contribution in [0.25, 0.3) is 22.4 Å². The molecule has 178 valence electrons. The largest absolute Gasteiger partial charge is 0.305 e. The maximum atomic E-state index is 14.5. The third-order valence-corrected chi connectivity index (χ3v) is 7.71. The molecule has 1 fully saturated rings. The fourth-order valence-electron chi connectivity index (χ4n) is 5.78. The van der Waals surface area contributed by atoms with Gasteiger partial charge in [0.15, 0.2) is 0 Å². The van der Waals surface area contributed by atoms with Gasteiger partial charge in [-0.05, 0) is 89.2 Å². The average molecular weight is 499 g/mol. The molecule has 2 aliphatic carbocycles. The van der Waals surface area contributed by atoms with E-state index < -0.39 is 5.95 Å². The molecule has 3 aromatic heterocycles. The van der Waals surface area contributed by atoms with Crippen molar-refractivity contribution in [2.24, 2.45) is 5.92 Å². The first-order valence-corrected chi connectivity index (χ1v) is 12.2. The molecular weight excluding hydrogens is 479 g/mol. The summed E-state index contributed by atoms with van der Waals surface area (Å²) in [6.45, 7) is 1.78. The molecule has 1 aliphatic heterocycles. The number of rotatable bonds is 4. The number of hydrogen-bond donors (Lipinski definition) is 0. The highest BCUT2D eigenvalue weighted by Gasteiger charge is 2.54. The van der Waals surface area contributed by atoms with Crippen LogP contribution in [0.4, 0.5) is 4.39 Å². The molecule has 7 nitrogen and oxygen atoms in total. The Bertz CT molecular complexity index is 1670. The first kappa shape index (κ1) is 21.4. The Hall–Kier alpha value is -3.91. The molecule has 3 unspecified atom stereocenters. The number of aryl methyl sites for hydroxylation is 1. The molecule has 7 rings (SSSR count). The summed E-state index contributed by atoms with van der Waals surface area (Å²) in [4.78, 5) is 17.5. The molecule has 4 heterocycles. The van der Waals surface area contributed by atoms with Crippen LogP contribution in [0.1, 0.15) is 41.8 Å². The molecule has 0 N–H and O–H groups in total. The maximum absolute atomic E-state index is 14.5. The number of nitrogens with zero attached hydrogens (tertiary/aromatic N) is 6. The van der Waals surface area contributed by atoms with Crippen LogP contribution in [-0.2, 0) is 0 Å². The van der Waals surface area contributed by atoms with E-state index in [-0.39, 0.29) is 11.6 Å². The van der Waals surface area contributed by atoms with Crippen molar-refractivity contribution in [1.29, 1.82) is 0 Å². The Morgan fingerprint density at radius 3 is 2.78 bits per heavy atom. The summed E-state index contributed by atoms with van der Waals surface area (Å²) in [6, 6.07) is 12.8. The first-order valence-electron chi connectivity index (χ1n) is 11.8. The van der Waals surface area contributed by atoms with Crippen LogP contribution in [0.2, 0.25) is 5.02 Å². The number of allylic oxidation sites excluding steroid dienone is 4. The summed E-state index contributed by atoms with van der Waals surface area (Å²) in [7, 11) is 0. The van der Waals surface area contributed by atoms with Crippen molar-refractivity contribution in [3.63, 3.8) is 0 Å². The zero-order chi connectivity index (χ0) is 24.6. The molecule has 0 amide bonds. The van der Waals surface area contributed by atoms with Crippen LogP contribution < -0.4 is 5.56 Å². The molecule has 0 saturated heterocycles. The number of tetrazole rings is 1. The van der Waals surface area contributed by atoms with Crippen molar-refractivity contribution in [1.82, 2.24) is 29.8 Å². The normalized spacial score (nSPS) is 21.7. The number of benzene rings is 1. The Morgan fingerprint density at radius 1 is 1.08 bits per heavy atom. The van der Waals surface area contributed by atoms with E-state index in [2.05, 4.69) is 32.7 Å². The van der Waals surface area contributed by atoms with Crippen molar-refractivity contribution >= 4 is 17.2 Å². The van der Waals surface area contributed by atoms with E-state index >= 15 is 0 Å². The maximum Gasteiger partial charge on any atom is 0.251 e. The second kappa shape index (κ2) is 7.80. The van der Waals surface area contributed by atoms with Crippen molar-refractivity contribution in [2.75, 3.05) is 0 Å². The smallest absolute Gasteiger partial charge is 0.251 e. The Morgan fingerprint density at radius 2 is 1.97 bits per heavy atom.